The van der Waals surface area contributed by atoms with E-state index >= 15 is 0 Å². The molecule has 0 unspecified atom stereocenters. The lowest BCUT2D eigenvalue weighted by Gasteiger charge is -2.15. The van der Waals surface area contributed by atoms with Crippen LogP contribution in [0.15, 0.2) is 61.2 Å². The van der Waals surface area contributed by atoms with E-state index < -0.39 is 0 Å². The summed E-state index contributed by atoms with van der Waals surface area (Å²) in [6, 6.07) is 16.7. The molecular formula is C17H20N2. The van der Waals surface area contributed by atoms with Crippen LogP contribution in [-0.4, -0.2) is 13.1 Å². The Hall–Kier alpha value is -2.22. The van der Waals surface area contributed by atoms with Gasteiger partial charge in [-0.05, 0) is 19.1 Å². The first kappa shape index (κ1) is 13.2. The summed E-state index contributed by atoms with van der Waals surface area (Å²) in [6.07, 6.45) is 1.87. The van der Waals surface area contributed by atoms with Gasteiger partial charge in [-0.15, -0.1) is 6.58 Å². The van der Waals surface area contributed by atoms with Crippen LogP contribution in [0.5, 0.6) is 0 Å². The third-order valence-corrected chi connectivity index (χ3v) is 2.95. The molecule has 0 saturated heterocycles. The van der Waals surface area contributed by atoms with Gasteiger partial charge in [0.05, 0.1) is 0 Å². The molecule has 0 aromatic heterocycles. The fourth-order valence-electron chi connectivity index (χ4n) is 2.12. The monoisotopic (exact) mass is 252 g/mol. The van der Waals surface area contributed by atoms with Gasteiger partial charge < -0.3 is 10.6 Å². The summed E-state index contributed by atoms with van der Waals surface area (Å²) in [5, 5.41) is 6.79. The number of hydrogen-bond donors (Lipinski definition) is 2. The van der Waals surface area contributed by atoms with E-state index in [1.54, 1.807) is 0 Å². The smallest absolute Gasteiger partial charge is 0.0423 e. The Balaban J connectivity index is 2.43. The van der Waals surface area contributed by atoms with E-state index in [0.717, 1.165) is 24.5 Å². The molecule has 2 aromatic rings. The van der Waals surface area contributed by atoms with Gasteiger partial charge in [-0.1, -0.05) is 42.5 Å². The number of benzene rings is 2. The SMILES string of the molecule is C=CCNc1ccccc1-c1ccccc1NCC. The second kappa shape index (κ2) is 6.64. The zero-order chi connectivity index (χ0) is 13.5. The minimum atomic E-state index is 0.764. The Kier molecular flexibility index (Phi) is 4.62. The first-order valence-corrected chi connectivity index (χ1v) is 6.64. The van der Waals surface area contributed by atoms with Gasteiger partial charge in [0.15, 0.2) is 0 Å². The summed E-state index contributed by atoms with van der Waals surface area (Å²) in [4.78, 5) is 0. The average molecular weight is 252 g/mol. The zero-order valence-electron chi connectivity index (χ0n) is 11.3. The van der Waals surface area contributed by atoms with Crippen LogP contribution in [-0.2, 0) is 0 Å². The van der Waals surface area contributed by atoms with Crippen LogP contribution in [0.1, 0.15) is 6.92 Å². The third-order valence-electron chi connectivity index (χ3n) is 2.95. The topological polar surface area (TPSA) is 24.1 Å². The summed E-state index contributed by atoms with van der Waals surface area (Å²) in [6.45, 7) is 7.54. The molecule has 0 spiro atoms. The van der Waals surface area contributed by atoms with E-state index in [4.69, 9.17) is 0 Å². The van der Waals surface area contributed by atoms with Crippen LogP contribution in [0.4, 0.5) is 11.4 Å². The van der Waals surface area contributed by atoms with Crippen LogP contribution in [0.3, 0.4) is 0 Å². The first-order valence-electron chi connectivity index (χ1n) is 6.64. The van der Waals surface area contributed by atoms with Gasteiger partial charge in [0.25, 0.3) is 0 Å². The largest absolute Gasteiger partial charge is 0.385 e. The summed E-state index contributed by atoms with van der Waals surface area (Å²) in [5.74, 6) is 0. The van der Waals surface area contributed by atoms with Crippen molar-refractivity contribution in [3.8, 4) is 11.1 Å². The molecule has 2 rings (SSSR count). The lowest BCUT2D eigenvalue weighted by atomic mass is 10.0. The van der Waals surface area contributed by atoms with Gasteiger partial charge in [0, 0.05) is 35.6 Å². The third kappa shape index (κ3) is 3.16. The second-order valence-corrected chi connectivity index (χ2v) is 4.29. The van der Waals surface area contributed by atoms with Gasteiger partial charge in [0.1, 0.15) is 0 Å². The van der Waals surface area contributed by atoms with E-state index in [9.17, 15) is 0 Å². The van der Waals surface area contributed by atoms with Crippen molar-refractivity contribution in [3.05, 3.63) is 61.2 Å². The highest BCUT2D eigenvalue weighted by atomic mass is 14.9. The Labute approximate surface area is 115 Å². The molecule has 0 aliphatic carbocycles. The maximum absolute atomic E-state index is 3.75. The van der Waals surface area contributed by atoms with Gasteiger partial charge in [0.2, 0.25) is 0 Å². The molecule has 0 bridgehead atoms. The molecule has 2 N–H and O–H groups in total. The fraction of sp³-hybridized carbons (Fsp3) is 0.176. The van der Waals surface area contributed by atoms with Crippen molar-refractivity contribution >= 4 is 11.4 Å². The molecule has 98 valence electrons. The van der Waals surface area contributed by atoms with Crippen LogP contribution in [0, 0.1) is 0 Å². The molecule has 0 heterocycles. The summed E-state index contributed by atoms with van der Waals surface area (Å²) < 4.78 is 0. The van der Waals surface area contributed by atoms with Crippen LogP contribution >= 0.6 is 0 Å². The quantitative estimate of drug-likeness (QED) is 0.745. The molecule has 0 atom stereocenters. The summed E-state index contributed by atoms with van der Waals surface area (Å²) >= 11 is 0. The van der Waals surface area contributed by atoms with Crippen molar-refractivity contribution in [2.75, 3.05) is 23.7 Å². The maximum atomic E-state index is 3.75. The minimum Gasteiger partial charge on any atom is -0.385 e. The van der Waals surface area contributed by atoms with Crippen molar-refractivity contribution in [1.82, 2.24) is 0 Å². The highest BCUT2D eigenvalue weighted by Gasteiger charge is 2.07. The van der Waals surface area contributed by atoms with Crippen LogP contribution in [0.2, 0.25) is 0 Å². The van der Waals surface area contributed by atoms with Crippen LogP contribution in [0.25, 0.3) is 11.1 Å². The number of nitrogens with one attached hydrogen (secondary N) is 2. The molecule has 19 heavy (non-hydrogen) atoms. The molecule has 0 radical (unpaired) electrons. The van der Waals surface area contributed by atoms with Crippen molar-refractivity contribution in [2.24, 2.45) is 0 Å². The molecule has 0 aliphatic rings. The lowest BCUT2D eigenvalue weighted by molar-refractivity contribution is 1.21. The molecule has 0 fully saturated rings. The predicted molar refractivity (Wildman–Crippen MR) is 84.7 cm³/mol. The van der Waals surface area contributed by atoms with Crippen molar-refractivity contribution in [3.63, 3.8) is 0 Å². The number of rotatable bonds is 6. The molecule has 0 amide bonds. The van der Waals surface area contributed by atoms with E-state index in [2.05, 4.69) is 66.6 Å². The van der Waals surface area contributed by atoms with Gasteiger partial charge in [-0.3, -0.25) is 0 Å². The van der Waals surface area contributed by atoms with Crippen molar-refractivity contribution in [1.29, 1.82) is 0 Å². The number of para-hydroxylation sites is 2. The van der Waals surface area contributed by atoms with E-state index in [1.807, 2.05) is 12.1 Å². The molecule has 0 aliphatic heterocycles. The Morgan fingerprint density at radius 2 is 1.42 bits per heavy atom. The maximum Gasteiger partial charge on any atom is 0.0423 e. The minimum absolute atomic E-state index is 0.764. The highest BCUT2D eigenvalue weighted by molar-refractivity contribution is 5.86. The van der Waals surface area contributed by atoms with Gasteiger partial charge in [-0.2, -0.15) is 0 Å². The summed E-state index contributed by atoms with van der Waals surface area (Å²) in [7, 11) is 0. The Bertz CT molecular complexity index is 546. The number of anilines is 2. The van der Waals surface area contributed by atoms with Crippen molar-refractivity contribution < 1.29 is 0 Å². The summed E-state index contributed by atoms with van der Waals surface area (Å²) in [5.41, 5.74) is 4.73. The fourth-order valence-corrected chi connectivity index (χ4v) is 2.12. The van der Waals surface area contributed by atoms with Gasteiger partial charge in [-0.25, -0.2) is 0 Å². The Morgan fingerprint density at radius 1 is 0.895 bits per heavy atom. The van der Waals surface area contributed by atoms with E-state index in [0.29, 0.717) is 0 Å². The van der Waals surface area contributed by atoms with E-state index in [-0.39, 0.29) is 0 Å². The zero-order valence-corrected chi connectivity index (χ0v) is 11.3. The average Bonchev–Trinajstić information content (AvgIpc) is 2.46. The van der Waals surface area contributed by atoms with E-state index in [1.165, 1.54) is 11.1 Å². The van der Waals surface area contributed by atoms with Crippen molar-refractivity contribution in [2.45, 2.75) is 6.92 Å². The lowest BCUT2D eigenvalue weighted by Crippen LogP contribution is -2.02. The van der Waals surface area contributed by atoms with Crippen LogP contribution < -0.4 is 10.6 Å². The predicted octanol–water partition coefficient (Wildman–Crippen LogP) is 4.38. The molecule has 2 heteroatoms. The molecular weight excluding hydrogens is 232 g/mol. The molecule has 2 nitrogen and oxygen atoms in total. The normalized spacial score (nSPS) is 9.95. The Morgan fingerprint density at radius 3 is 1.95 bits per heavy atom. The molecule has 0 saturated carbocycles. The van der Waals surface area contributed by atoms with Gasteiger partial charge >= 0.3 is 0 Å². The number of hydrogen-bond acceptors (Lipinski definition) is 2. The highest BCUT2D eigenvalue weighted by Crippen LogP contribution is 2.33. The first-order chi connectivity index (χ1) is 9.36. The molecule has 2 aromatic carbocycles. The standard InChI is InChI=1S/C17H20N2/c1-3-13-19-17-12-8-6-10-15(17)14-9-5-7-11-16(14)18-4-2/h3,5-12,18-19H,1,4,13H2,2H3. The second-order valence-electron chi connectivity index (χ2n) is 4.29.